The van der Waals surface area contributed by atoms with Crippen molar-refractivity contribution in [2.45, 2.75) is 26.9 Å². The number of rotatable bonds is 6. The van der Waals surface area contributed by atoms with Crippen LogP contribution in [0.25, 0.3) is 0 Å². The van der Waals surface area contributed by atoms with Crippen LogP contribution in [-0.4, -0.2) is 13.9 Å². The lowest BCUT2D eigenvalue weighted by molar-refractivity contribution is -0.0390. The number of hydrogen-bond acceptors (Lipinski definition) is 2. The van der Waals surface area contributed by atoms with Crippen molar-refractivity contribution in [2.24, 2.45) is 5.92 Å². The minimum atomic E-state index is 0.355. The summed E-state index contributed by atoms with van der Waals surface area (Å²) >= 11 is 0. The molecular formula is C13H20O2. The van der Waals surface area contributed by atoms with Crippen LogP contribution in [0.1, 0.15) is 25.0 Å². The normalized spacial score (nSPS) is 10.9. The van der Waals surface area contributed by atoms with Crippen molar-refractivity contribution in [1.82, 2.24) is 0 Å². The highest BCUT2D eigenvalue weighted by atomic mass is 16.7. The van der Waals surface area contributed by atoms with Gasteiger partial charge in [-0.3, -0.25) is 0 Å². The van der Waals surface area contributed by atoms with Crippen molar-refractivity contribution in [2.75, 3.05) is 13.9 Å². The zero-order valence-corrected chi connectivity index (χ0v) is 9.82. The molecule has 0 spiro atoms. The standard InChI is InChI=1S/C13H20O2/c1-11(2)8-12-4-6-13(7-5-12)9-15-10-14-3/h4-7,11H,8-10H2,1-3H3. The van der Waals surface area contributed by atoms with E-state index in [0.717, 1.165) is 6.42 Å². The summed E-state index contributed by atoms with van der Waals surface area (Å²) in [5, 5.41) is 0. The van der Waals surface area contributed by atoms with Crippen LogP contribution < -0.4 is 0 Å². The van der Waals surface area contributed by atoms with Gasteiger partial charge in [-0.2, -0.15) is 0 Å². The first kappa shape index (κ1) is 12.2. The molecule has 0 saturated heterocycles. The van der Waals surface area contributed by atoms with Crippen LogP contribution in [0.4, 0.5) is 0 Å². The fourth-order valence-corrected chi connectivity index (χ4v) is 1.49. The van der Waals surface area contributed by atoms with Gasteiger partial charge in [-0.1, -0.05) is 38.1 Å². The van der Waals surface area contributed by atoms with Crippen molar-refractivity contribution in [1.29, 1.82) is 0 Å². The van der Waals surface area contributed by atoms with Crippen molar-refractivity contribution < 1.29 is 9.47 Å². The maximum atomic E-state index is 5.27. The van der Waals surface area contributed by atoms with Gasteiger partial charge >= 0.3 is 0 Å². The molecule has 0 unspecified atom stereocenters. The van der Waals surface area contributed by atoms with Crippen LogP contribution in [-0.2, 0) is 22.5 Å². The Kier molecular flexibility index (Phi) is 5.37. The summed E-state index contributed by atoms with van der Waals surface area (Å²) < 4.78 is 10.1. The van der Waals surface area contributed by atoms with Crippen LogP contribution in [0.2, 0.25) is 0 Å². The van der Waals surface area contributed by atoms with Gasteiger partial charge in [0.2, 0.25) is 0 Å². The molecule has 0 aromatic heterocycles. The third-order valence-corrected chi connectivity index (χ3v) is 2.14. The SMILES string of the molecule is COCOCc1ccc(CC(C)C)cc1. The second-order valence-corrected chi connectivity index (χ2v) is 4.17. The lowest BCUT2D eigenvalue weighted by Crippen LogP contribution is -1.98. The van der Waals surface area contributed by atoms with Crippen LogP contribution in [0.15, 0.2) is 24.3 Å². The van der Waals surface area contributed by atoms with Gasteiger partial charge in [0.15, 0.2) is 0 Å². The first-order valence-corrected chi connectivity index (χ1v) is 5.37. The average Bonchev–Trinajstić information content (AvgIpc) is 2.20. The zero-order valence-electron chi connectivity index (χ0n) is 9.82. The highest BCUT2D eigenvalue weighted by Gasteiger charge is 1.98. The molecule has 15 heavy (non-hydrogen) atoms. The Morgan fingerprint density at radius 3 is 2.20 bits per heavy atom. The molecule has 1 rings (SSSR count). The Morgan fingerprint density at radius 1 is 1.07 bits per heavy atom. The second-order valence-electron chi connectivity index (χ2n) is 4.17. The molecule has 0 aliphatic carbocycles. The lowest BCUT2D eigenvalue weighted by atomic mass is 10.0. The van der Waals surface area contributed by atoms with E-state index in [2.05, 4.69) is 38.1 Å². The van der Waals surface area contributed by atoms with E-state index in [9.17, 15) is 0 Å². The highest BCUT2D eigenvalue weighted by molar-refractivity contribution is 5.22. The van der Waals surface area contributed by atoms with E-state index in [1.54, 1.807) is 7.11 Å². The maximum absolute atomic E-state index is 5.27. The van der Waals surface area contributed by atoms with Gasteiger partial charge in [-0.15, -0.1) is 0 Å². The molecule has 2 heteroatoms. The van der Waals surface area contributed by atoms with Crippen molar-refractivity contribution in [3.63, 3.8) is 0 Å². The van der Waals surface area contributed by atoms with Gasteiger partial charge < -0.3 is 9.47 Å². The molecular weight excluding hydrogens is 188 g/mol. The quantitative estimate of drug-likeness (QED) is 0.528. The van der Waals surface area contributed by atoms with E-state index in [0.29, 0.717) is 19.3 Å². The number of methoxy groups -OCH3 is 1. The molecule has 84 valence electrons. The first-order valence-electron chi connectivity index (χ1n) is 5.37. The molecule has 0 heterocycles. The third kappa shape index (κ3) is 4.96. The molecule has 0 aliphatic rings. The van der Waals surface area contributed by atoms with E-state index in [1.165, 1.54) is 11.1 Å². The topological polar surface area (TPSA) is 18.5 Å². The van der Waals surface area contributed by atoms with Gasteiger partial charge in [0.05, 0.1) is 6.61 Å². The maximum Gasteiger partial charge on any atom is 0.146 e. The van der Waals surface area contributed by atoms with E-state index in [4.69, 9.17) is 9.47 Å². The molecule has 2 nitrogen and oxygen atoms in total. The van der Waals surface area contributed by atoms with Crippen LogP contribution >= 0.6 is 0 Å². The van der Waals surface area contributed by atoms with Crippen LogP contribution in [0, 0.1) is 5.92 Å². The predicted molar refractivity (Wildman–Crippen MR) is 61.6 cm³/mol. The summed E-state index contributed by atoms with van der Waals surface area (Å²) in [6, 6.07) is 8.58. The van der Waals surface area contributed by atoms with Gasteiger partial charge in [0, 0.05) is 7.11 Å². The molecule has 0 amide bonds. The Hall–Kier alpha value is -0.860. The van der Waals surface area contributed by atoms with Gasteiger partial charge in [-0.05, 0) is 23.5 Å². The Bertz CT molecular complexity index is 264. The van der Waals surface area contributed by atoms with Gasteiger partial charge in [0.1, 0.15) is 6.79 Å². The average molecular weight is 208 g/mol. The summed E-state index contributed by atoms with van der Waals surface area (Å²) in [5.41, 5.74) is 2.58. The number of ether oxygens (including phenoxy) is 2. The summed E-state index contributed by atoms with van der Waals surface area (Å²) in [5.74, 6) is 0.709. The van der Waals surface area contributed by atoms with Crippen molar-refractivity contribution >= 4 is 0 Å². The molecule has 0 bridgehead atoms. The molecule has 0 N–H and O–H groups in total. The van der Waals surface area contributed by atoms with Crippen molar-refractivity contribution in [3.05, 3.63) is 35.4 Å². The molecule has 0 radical (unpaired) electrons. The Morgan fingerprint density at radius 2 is 1.67 bits per heavy atom. The second kappa shape index (κ2) is 6.59. The molecule has 0 atom stereocenters. The Balaban J connectivity index is 2.42. The smallest absolute Gasteiger partial charge is 0.146 e. The summed E-state index contributed by atoms with van der Waals surface area (Å²) in [6.07, 6.45) is 1.14. The summed E-state index contributed by atoms with van der Waals surface area (Å²) in [4.78, 5) is 0. The Labute approximate surface area is 92.2 Å². The molecule has 0 saturated carbocycles. The van der Waals surface area contributed by atoms with Crippen LogP contribution in [0.5, 0.6) is 0 Å². The minimum Gasteiger partial charge on any atom is -0.359 e. The molecule has 1 aromatic carbocycles. The van der Waals surface area contributed by atoms with Gasteiger partial charge in [0.25, 0.3) is 0 Å². The van der Waals surface area contributed by atoms with E-state index in [-0.39, 0.29) is 0 Å². The first-order chi connectivity index (χ1) is 7.22. The van der Waals surface area contributed by atoms with E-state index < -0.39 is 0 Å². The summed E-state index contributed by atoms with van der Waals surface area (Å²) in [6.45, 7) is 5.44. The van der Waals surface area contributed by atoms with Crippen molar-refractivity contribution in [3.8, 4) is 0 Å². The molecule has 0 fully saturated rings. The zero-order chi connectivity index (χ0) is 11.1. The monoisotopic (exact) mass is 208 g/mol. The largest absolute Gasteiger partial charge is 0.359 e. The minimum absolute atomic E-state index is 0.355. The molecule has 0 aliphatic heterocycles. The third-order valence-electron chi connectivity index (χ3n) is 2.14. The predicted octanol–water partition coefficient (Wildman–Crippen LogP) is 3.01. The number of benzene rings is 1. The fourth-order valence-electron chi connectivity index (χ4n) is 1.49. The van der Waals surface area contributed by atoms with E-state index in [1.807, 2.05) is 0 Å². The van der Waals surface area contributed by atoms with E-state index >= 15 is 0 Å². The molecule has 1 aromatic rings. The fraction of sp³-hybridized carbons (Fsp3) is 0.538. The number of hydrogen-bond donors (Lipinski definition) is 0. The van der Waals surface area contributed by atoms with Gasteiger partial charge in [-0.25, -0.2) is 0 Å². The summed E-state index contributed by atoms with van der Waals surface area (Å²) in [7, 11) is 1.63. The van der Waals surface area contributed by atoms with Crippen LogP contribution in [0.3, 0.4) is 0 Å². The highest BCUT2D eigenvalue weighted by Crippen LogP contribution is 2.10. The lowest BCUT2D eigenvalue weighted by Gasteiger charge is -2.06.